The summed E-state index contributed by atoms with van der Waals surface area (Å²) in [6.45, 7) is 8.88. The topological polar surface area (TPSA) is 6.48 Å². The van der Waals surface area contributed by atoms with E-state index >= 15 is 0 Å². The normalized spacial score (nSPS) is 34.1. The maximum Gasteiger partial charge on any atom is 0.0110 e. The molecule has 1 heterocycles. The summed E-state index contributed by atoms with van der Waals surface area (Å²) in [4.78, 5) is 5.11. The molecule has 0 bridgehead atoms. The number of hydrogen-bond acceptors (Lipinski definition) is 2. The highest BCUT2D eigenvalue weighted by atomic mass is 15.2. The first-order chi connectivity index (χ1) is 7.74. The molecule has 0 aromatic heterocycles. The van der Waals surface area contributed by atoms with Gasteiger partial charge >= 0.3 is 0 Å². The van der Waals surface area contributed by atoms with Crippen LogP contribution in [0.5, 0.6) is 0 Å². The Morgan fingerprint density at radius 2 is 1.56 bits per heavy atom. The van der Waals surface area contributed by atoms with Crippen molar-refractivity contribution < 1.29 is 0 Å². The average Bonchev–Trinajstić information content (AvgIpc) is 2.30. The number of piperazine rings is 1. The predicted octanol–water partition coefficient (Wildman–Crippen LogP) is 2.45. The van der Waals surface area contributed by atoms with Crippen LogP contribution < -0.4 is 0 Å². The molecule has 2 fully saturated rings. The summed E-state index contributed by atoms with van der Waals surface area (Å²) < 4.78 is 0. The van der Waals surface area contributed by atoms with Crippen molar-refractivity contribution in [3.05, 3.63) is 0 Å². The Morgan fingerprint density at radius 3 is 2.19 bits per heavy atom. The molecule has 0 amide bonds. The number of likely N-dealkylation sites (N-methyl/N-ethyl adjacent to an activating group) is 1. The summed E-state index contributed by atoms with van der Waals surface area (Å²) in [6, 6.07) is 0. The van der Waals surface area contributed by atoms with Crippen LogP contribution in [0.15, 0.2) is 0 Å². The van der Waals surface area contributed by atoms with Crippen LogP contribution in [-0.2, 0) is 0 Å². The maximum absolute atomic E-state index is 2.66. The molecular formula is C14H28N2. The largest absolute Gasteiger partial charge is 0.304 e. The van der Waals surface area contributed by atoms with E-state index < -0.39 is 0 Å². The van der Waals surface area contributed by atoms with Gasteiger partial charge in [-0.2, -0.15) is 0 Å². The fourth-order valence-corrected chi connectivity index (χ4v) is 3.05. The van der Waals surface area contributed by atoms with Crippen molar-refractivity contribution in [3.63, 3.8) is 0 Å². The van der Waals surface area contributed by atoms with Crippen LogP contribution in [0, 0.1) is 11.8 Å². The molecule has 0 atom stereocenters. The molecule has 16 heavy (non-hydrogen) atoms. The Kier molecular flexibility index (Phi) is 4.66. The average molecular weight is 224 g/mol. The molecule has 1 saturated heterocycles. The Balaban J connectivity index is 1.60. The van der Waals surface area contributed by atoms with Crippen molar-refractivity contribution in [3.8, 4) is 0 Å². The van der Waals surface area contributed by atoms with E-state index in [0.717, 1.165) is 11.8 Å². The van der Waals surface area contributed by atoms with Gasteiger partial charge in [-0.25, -0.2) is 0 Å². The van der Waals surface area contributed by atoms with Crippen LogP contribution in [0.2, 0.25) is 0 Å². The second-order valence-electron chi connectivity index (χ2n) is 6.06. The van der Waals surface area contributed by atoms with Crippen LogP contribution in [0.3, 0.4) is 0 Å². The predicted molar refractivity (Wildman–Crippen MR) is 69.7 cm³/mol. The second kappa shape index (κ2) is 6.02. The molecule has 0 unspecified atom stereocenters. The Hall–Kier alpha value is -0.0800. The molecule has 1 aliphatic carbocycles. The molecule has 1 aliphatic heterocycles. The quantitative estimate of drug-likeness (QED) is 0.726. The van der Waals surface area contributed by atoms with Crippen molar-refractivity contribution in [2.75, 3.05) is 39.8 Å². The lowest BCUT2D eigenvalue weighted by Gasteiger charge is -2.34. The van der Waals surface area contributed by atoms with Gasteiger partial charge in [0.05, 0.1) is 0 Å². The van der Waals surface area contributed by atoms with Crippen molar-refractivity contribution in [2.45, 2.75) is 39.0 Å². The fourth-order valence-electron chi connectivity index (χ4n) is 3.05. The van der Waals surface area contributed by atoms with Gasteiger partial charge in [0.2, 0.25) is 0 Å². The summed E-state index contributed by atoms with van der Waals surface area (Å²) >= 11 is 0. The van der Waals surface area contributed by atoms with Crippen LogP contribution in [0.25, 0.3) is 0 Å². The van der Waals surface area contributed by atoms with Crippen LogP contribution in [0.4, 0.5) is 0 Å². The summed E-state index contributed by atoms with van der Waals surface area (Å²) in [5.74, 6) is 2.04. The molecule has 0 spiro atoms. The second-order valence-corrected chi connectivity index (χ2v) is 6.06. The Labute approximate surface area is 101 Å². The van der Waals surface area contributed by atoms with Crippen LogP contribution in [0.1, 0.15) is 39.0 Å². The van der Waals surface area contributed by atoms with Crippen molar-refractivity contribution in [1.29, 1.82) is 0 Å². The lowest BCUT2D eigenvalue weighted by atomic mass is 9.81. The number of hydrogen-bond donors (Lipinski definition) is 0. The van der Waals surface area contributed by atoms with E-state index in [2.05, 4.69) is 23.8 Å². The van der Waals surface area contributed by atoms with Gasteiger partial charge in [0, 0.05) is 26.2 Å². The molecule has 0 N–H and O–H groups in total. The molecular weight excluding hydrogens is 196 g/mol. The summed E-state index contributed by atoms with van der Waals surface area (Å²) in [7, 11) is 2.24. The highest BCUT2D eigenvalue weighted by Crippen LogP contribution is 2.30. The third-order valence-electron chi connectivity index (χ3n) is 4.58. The van der Waals surface area contributed by atoms with Crippen molar-refractivity contribution in [1.82, 2.24) is 9.80 Å². The van der Waals surface area contributed by atoms with E-state index in [9.17, 15) is 0 Å². The molecule has 94 valence electrons. The minimum absolute atomic E-state index is 1.000. The van der Waals surface area contributed by atoms with Crippen molar-refractivity contribution in [2.24, 2.45) is 11.8 Å². The van der Waals surface area contributed by atoms with Gasteiger partial charge in [-0.3, -0.25) is 0 Å². The van der Waals surface area contributed by atoms with Gasteiger partial charge in [0.1, 0.15) is 0 Å². The number of nitrogens with zero attached hydrogens (tertiary/aromatic N) is 2. The molecule has 2 heteroatoms. The van der Waals surface area contributed by atoms with E-state index in [1.807, 2.05) is 0 Å². The Morgan fingerprint density at radius 1 is 0.938 bits per heavy atom. The fraction of sp³-hybridized carbons (Fsp3) is 1.00. The molecule has 2 rings (SSSR count). The third kappa shape index (κ3) is 3.74. The summed E-state index contributed by atoms with van der Waals surface area (Å²) in [5, 5.41) is 0. The first-order valence-corrected chi connectivity index (χ1v) is 7.15. The molecule has 0 aromatic rings. The van der Waals surface area contributed by atoms with Gasteiger partial charge in [-0.05, 0) is 31.8 Å². The molecule has 0 radical (unpaired) electrons. The zero-order valence-electron chi connectivity index (χ0n) is 11.1. The van der Waals surface area contributed by atoms with Gasteiger partial charge in [-0.15, -0.1) is 0 Å². The minimum Gasteiger partial charge on any atom is -0.304 e. The van der Waals surface area contributed by atoms with Crippen molar-refractivity contribution >= 4 is 0 Å². The zero-order chi connectivity index (χ0) is 11.4. The number of rotatable bonds is 3. The van der Waals surface area contributed by atoms with E-state index in [1.54, 1.807) is 0 Å². The molecule has 2 nitrogen and oxygen atoms in total. The van der Waals surface area contributed by atoms with E-state index in [0.29, 0.717) is 0 Å². The standard InChI is InChI=1S/C14H28N2/c1-13-3-5-14(6-4-13)7-8-16-11-9-15(2)10-12-16/h13-14H,3-12H2,1-2H3/t13-,14-. The zero-order valence-corrected chi connectivity index (χ0v) is 11.1. The summed E-state index contributed by atoms with van der Waals surface area (Å²) in [6.07, 6.45) is 7.40. The van der Waals surface area contributed by atoms with Gasteiger partial charge in [0.15, 0.2) is 0 Å². The Bertz CT molecular complexity index is 167. The summed E-state index contributed by atoms with van der Waals surface area (Å²) in [5.41, 5.74) is 0. The molecule has 2 aliphatic rings. The van der Waals surface area contributed by atoms with Gasteiger partial charge in [0.25, 0.3) is 0 Å². The minimum atomic E-state index is 1.000. The third-order valence-corrected chi connectivity index (χ3v) is 4.58. The maximum atomic E-state index is 2.66. The lowest BCUT2D eigenvalue weighted by molar-refractivity contribution is 0.140. The first-order valence-electron chi connectivity index (χ1n) is 7.15. The highest BCUT2D eigenvalue weighted by molar-refractivity contribution is 4.74. The van der Waals surface area contributed by atoms with E-state index in [4.69, 9.17) is 0 Å². The van der Waals surface area contributed by atoms with Gasteiger partial charge < -0.3 is 9.80 Å². The van der Waals surface area contributed by atoms with E-state index in [-0.39, 0.29) is 0 Å². The van der Waals surface area contributed by atoms with Crippen LogP contribution in [-0.4, -0.2) is 49.6 Å². The monoisotopic (exact) mass is 224 g/mol. The van der Waals surface area contributed by atoms with Crippen LogP contribution >= 0.6 is 0 Å². The lowest BCUT2D eigenvalue weighted by Crippen LogP contribution is -2.45. The highest BCUT2D eigenvalue weighted by Gasteiger charge is 2.20. The van der Waals surface area contributed by atoms with E-state index in [1.165, 1.54) is 64.8 Å². The SMILES string of the molecule is CN1CCN(CC[C@H]2CC[C@H](C)CC2)CC1. The molecule has 0 aromatic carbocycles. The smallest absolute Gasteiger partial charge is 0.0110 e. The molecule has 1 saturated carbocycles. The van der Waals surface area contributed by atoms with Gasteiger partial charge in [-0.1, -0.05) is 32.6 Å². The first kappa shape index (κ1) is 12.4.